The van der Waals surface area contributed by atoms with Crippen LogP contribution >= 0.6 is 0 Å². The molecule has 1 unspecified atom stereocenters. The van der Waals surface area contributed by atoms with E-state index in [-0.39, 0.29) is 18.1 Å². The molecular formula is C23H28N2O6S. The van der Waals surface area contributed by atoms with Crippen LogP contribution in [0.15, 0.2) is 72.1 Å². The number of benzene rings is 2. The van der Waals surface area contributed by atoms with E-state index in [1.165, 1.54) is 6.07 Å². The first-order valence-electron chi connectivity index (χ1n) is 10.1. The summed E-state index contributed by atoms with van der Waals surface area (Å²) in [5.74, 6) is 4.77. The van der Waals surface area contributed by atoms with E-state index in [2.05, 4.69) is 6.58 Å². The van der Waals surface area contributed by atoms with Crippen molar-refractivity contribution in [1.29, 1.82) is 0 Å². The van der Waals surface area contributed by atoms with Gasteiger partial charge >= 0.3 is 11.9 Å². The maximum atomic E-state index is 13.1. The molecule has 0 radical (unpaired) electrons. The first-order valence-corrected chi connectivity index (χ1v) is 11.6. The van der Waals surface area contributed by atoms with Gasteiger partial charge in [-0.1, -0.05) is 55.1 Å². The molecular weight excluding hydrogens is 432 g/mol. The molecule has 8 nitrogen and oxygen atoms in total. The van der Waals surface area contributed by atoms with Crippen molar-refractivity contribution >= 4 is 22.0 Å². The second-order valence-corrected chi connectivity index (χ2v) is 8.83. The van der Waals surface area contributed by atoms with Crippen LogP contribution in [0.3, 0.4) is 0 Å². The predicted octanol–water partition coefficient (Wildman–Crippen LogP) is 3.04. The summed E-state index contributed by atoms with van der Waals surface area (Å²) in [6.07, 6.45) is 2.87. The van der Waals surface area contributed by atoms with Gasteiger partial charge in [0.05, 0.1) is 18.1 Å². The molecule has 172 valence electrons. The number of ether oxygens (including phenoxy) is 2. The fourth-order valence-corrected chi connectivity index (χ4v) is 4.42. The molecule has 0 spiro atoms. The largest absolute Gasteiger partial charge is 0.464 e. The first kappa shape index (κ1) is 25.3. The summed E-state index contributed by atoms with van der Waals surface area (Å²) in [6.45, 7) is 5.30. The molecule has 2 N–H and O–H groups in total. The molecule has 0 saturated carbocycles. The molecule has 2 aromatic rings. The highest BCUT2D eigenvalue weighted by molar-refractivity contribution is 7.89. The van der Waals surface area contributed by atoms with E-state index in [0.717, 1.165) is 6.08 Å². The Balaban J connectivity index is 2.08. The number of nitrogens with two attached hydrogens (primary N) is 1. The van der Waals surface area contributed by atoms with Crippen LogP contribution in [0.1, 0.15) is 36.4 Å². The topological polar surface area (TPSA) is 116 Å². The summed E-state index contributed by atoms with van der Waals surface area (Å²) in [6, 6.07) is 13.4. The number of hydrazine groups is 1. The fourth-order valence-electron chi connectivity index (χ4n) is 2.98. The third-order valence-corrected chi connectivity index (χ3v) is 6.47. The highest BCUT2D eigenvalue weighted by Crippen LogP contribution is 2.27. The minimum absolute atomic E-state index is 0.0188. The summed E-state index contributed by atoms with van der Waals surface area (Å²) in [5.41, 5.74) is 0.911. The SMILES string of the molecule is C=CC(=O)OCCCCCOC(=O)C(c1ccccc1)N(N)S(=O)(=O)c1ccccc1C. The van der Waals surface area contributed by atoms with Crippen molar-refractivity contribution in [3.8, 4) is 0 Å². The van der Waals surface area contributed by atoms with Gasteiger partial charge in [0.15, 0.2) is 6.04 Å². The second kappa shape index (κ2) is 12.1. The molecule has 0 amide bonds. The molecule has 0 fully saturated rings. The molecule has 0 aromatic heterocycles. The normalized spacial score (nSPS) is 12.2. The second-order valence-electron chi connectivity index (χ2n) is 7.01. The van der Waals surface area contributed by atoms with Crippen molar-refractivity contribution in [3.63, 3.8) is 0 Å². The molecule has 9 heteroatoms. The lowest BCUT2D eigenvalue weighted by atomic mass is 10.1. The van der Waals surface area contributed by atoms with Crippen LogP contribution in [-0.4, -0.2) is 38.0 Å². The summed E-state index contributed by atoms with van der Waals surface area (Å²) in [7, 11) is -4.16. The molecule has 0 bridgehead atoms. The van der Waals surface area contributed by atoms with Gasteiger partial charge in [0.1, 0.15) is 0 Å². The van der Waals surface area contributed by atoms with Crippen molar-refractivity contribution in [2.75, 3.05) is 13.2 Å². The van der Waals surface area contributed by atoms with E-state index < -0.39 is 28.0 Å². The summed E-state index contributed by atoms with van der Waals surface area (Å²) in [5, 5.41) is 0. The average molecular weight is 461 g/mol. The molecule has 0 aliphatic rings. The van der Waals surface area contributed by atoms with Gasteiger partial charge in [0, 0.05) is 6.08 Å². The van der Waals surface area contributed by atoms with E-state index in [1.807, 2.05) is 0 Å². The van der Waals surface area contributed by atoms with Gasteiger partial charge < -0.3 is 9.47 Å². The Hall–Kier alpha value is -3.01. The quantitative estimate of drug-likeness (QED) is 0.170. The number of hydrogen-bond donors (Lipinski definition) is 1. The number of carbonyl (C=O) groups is 2. The van der Waals surface area contributed by atoms with Gasteiger partial charge in [0.2, 0.25) is 0 Å². The van der Waals surface area contributed by atoms with Crippen molar-refractivity contribution in [2.24, 2.45) is 5.84 Å². The van der Waals surface area contributed by atoms with Crippen LogP contribution in [0, 0.1) is 6.92 Å². The number of rotatable bonds is 12. The Labute approximate surface area is 188 Å². The third-order valence-electron chi connectivity index (χ3n) is 4.69. The molecule has 2 aromatic carbocycles. The van der Waals surface area contributed by atoms with E-state index >= 15 is 0 Å². The number of unbranched alkanes of at least 4 members (excludes halogenated alkanes) is 2. The Bertz CT molecular complexity index is 1020. The summed E-state index contributed by atoms with van der Waals surface area (Å²) < 4.78 is 37.1. The first-order chi connectivity index (χ1) is 15.3. The van der Waals surface area contributed by atoms with Gasteiger partial charge in [-0.25, -0.2) is 18.0 Å². The Morgan fingerprint density at radius 2 is 1.59 bits per heavy atom. The van der Waals surface area contributed by atoms with Crippen molar-refractivity contribution < 1.29 is 27.5 Å². The molecule has 0 aliphatic heterocycles. The number of nitrogens with zero attached hydrogens (tertiary/aromatic N) is 1. The highest BCUT2D eigenvalue weighted by atomic mass is 32.2. The zero-order valence-corrected chi connectivity index (χ0v) is 18.8. The average Bonchev–Trinajstić information content (AvgIpc) is 2.79. The van der Waals surface area contributed by atoms with Crippen LogP contribution in [0.4, 0.5) is 0 Å². The smallest absolute Gasteiger partial charge is 0.330 e. The Morgan fingerprint density at radius 3 is 2.22 bits per heavy atom. The Morgan fingerprint density at radius 1 is 1.00 bits per heavy atom. The van der Waals surface area contributed by atoms with E-state index in [0.29, 0.717) is 34.8 Å². The lowest BCUT2D eigenvalue weighted by Crippen LogP contribution is -2.44. The number of hydrogen-bond acceptors (Lipinski definition) is 7. The molecule has 0 aliphatic carbocycles. The van der Waals surface area contributed by atoms with Gasteiger partial charge in [0.25, 0.3) is 10.0 Å². The van der Waals surface area contributed by atoms with Gasteiger partial charge in [-0.05, 0) is 43.4 Å². The molecule has 32 heavy (non-hydrogen) atoms. The number of aryl methyl sites for hydroxylation is 1. The van der Waals surface area contributed by atoms with Gasteiger partial charge in [-0.15, -0.1) is 4.41 Å². The minimum atomic E-state index is -4.16. The summed E-state index contributed by atoms with van der Waals surface area (Å²) >= 11 is 0. The lowest BCUT2D eigenvalue weighted by molar-refractivity contribution is -0.148. The van der Waals surface area contributed by atoms with E-state index in [4.69, 9.17) is 15.3 Å². The fraction of sp³-hybridized carbons (Fsp3) is 0.304. The highest BCUT2D eigenvalue weighted by Gasteiger charge is 2.36. The third kappa shape index (κ3) is 6.74. The zero-order valence-electron chi connectivity index (χ0n) is 18.0. The number of sulfonamides is 1. The number of carbonyl (C=O) groups excluding carboxylic acids is 2. The van der Waals surface area contributed by atoms with E-state index in [9.17, 15) is 18.0 Å². The van der Waals surface area contributed by atoms with Crippen LogP contribution in [0.25, 0.3) is 0 Å². The van der Waals surface area contributed by atoms with Crippen LogP contribution in [-0.2, 0) is 29.1 Å². The molecule has 1 atom stereocenters. The van der Waals surface area contributed by atoms with Crippen LogP contribution in [0.2, 0.25) is 0 Å². The van der Waals surface area contributed by atoms with Crippen LogP contribution < -0.4 is 5.84 Å². The predicted molar refractivity (Wildman–Crippen MR) is 120 cm³/mol. The van der Waals surface area contributed by atoms with Crippen molar-refractivity contribution in [3.05, 3.63) is 78.4 Å². The van der Waals surface area contributed by atoms with E-state index in [1.54, 1.807) is 55.5 Å². The maximum absolute atomic E-state index is 13.1. The Kier molecular flexibility index (Phi) is 9.58. The standard InChI is InChI=1S/C23H28N2O6S/c1-3-21(26)30-16-10-5-11-17-31-23(27)22(19-13-6-4-7-14-19)25(24)32(28,29)20-15-9-8-12-18(20)2/h3-4,6-9,12-15,22H,1,5,10-11,16-17,24H2,2H3. The monoisotopic (exact) mass is 460 g/mol. The van der Waals surface area contributed by atoms with Crippen molar-refractivity contribution in [1.82, 2.24) is 4.41 Å². The van der Waals surface area contributed by atoms with Gasteiger partial charge in [-0.2, -0.15) is 0 Å². The van der Waals surface area contributed by atoms with Crippen molar-refractivity contribution in [2.45, 2.75) is 37.1 Å². The summed E-state index contributed by atoms with van der Waals surface area (Å²) in [4.78, 5) is 23.9. The molecule has 0 heterocycles. The van der Waals surface area contributed by atoms with Gasteiger partial charge in [-0.3, -0.25) is 5.84 Å². The maximum Gasteiger partial charge on any atom is 0.330 e. The zero-order chi connectivity index (χ0) is 23.6. The lowest BCUT2D eigenvalue weighted by Gasteiger charge is -2.26. The van der Waals surface area contributed by atoms with Crippen LogP contribution in [0.5, 0.6) is 0 Å². The molecule has 0 saturated heterocycles. The number of esters is 2. The molecule has 2 rings (SSSR count). The minimum Gasteiger partial charge on any atom is -0.464 e.